The SMILES string of the molecule is CCc1ccc(CC(N)C2CCCCO2)nc1. The van der Waals surface area contributed by atoms with Crippen LogP contribution in [0.15, 0.2) is 18.3 Å². The Kier molecular flexibility index (Phi) is 4.51. The van der Waals surface area contributed by atoms with E-state index in [1.807, 2.05) is 6.20 Å². The molecule has 1 aliphatic heterocycles. The highest BCUT2D eigenvalue weighted by Crippen LogP contribution is 2.17. The van der Waals surface area contributed by atoms with E-state index in [0.717, 1.165) is 31.6 Å². The van der Waals surface area contributed by atoms with Gasteiger partial charge in [-0.3, -0.25) is 4.98 Å². The summed E-state index contributed by atoms with van der Waals surface area (Å²) >= 11 is 0. The van der Waals surface area contributed by atoms with E-state index in [4.69, 9.17) is 10.5 Å². The second-order valence-corrected chi connectivity index (χ2v) is 4.78. The van der Waals surface area contributed by atoms with Crippen LogP contribution in [0.2, 0.25) is 0 Å². The van der Waals surface area contributed by atoms with Gasteiger partial charge in [0.1, 0.15) is 0 Å². The predicted octanol–water partition coefficient (Wildman–Crippen LogP) is 2.08. The van der Waals surface area contributed by atoms with Crippen LogP contribution in [0.4, 0.5) is 0 Å². The van der Waals surface area contributed by atoms with Crippen LogP contribution in [-0.4, -0.2) is 23.7 Å². The molecule has 1 aromatic rings. The first kappa shape index (κ1) is 12.5. The molecular weight excluding hydrogens is 212 g/mol. The second kappa shape index (κ2) is 6.12. The first-order valence-corrected chi connectivity index (χ1v) is 6.60. The molecular formula is C14H22N2O. The summed E-state index contributed by atoms with van der Waals surface area (Å²) in [6.07, 6.45) is 7.52. The van der Waals surface area contributed by atoms with Gasteiger partial charge >= 0.3 is 0 Å². The lowest BCUT2D eigenvalue weighted by molar-refractivity contribution is 0.000470. The van der Waals surface area contributed by atoms with Crippen molar-refractivity contribution in [3.63, 3.8) is 0 Å². The van der Waals surface area contributed by atoms with E-state index in [2.05, 4.69) is 24.0 Å². The highest BCUT2D eigenvalue weighted by atomic mass is 16.5. The zero-order valence-corrected chi connectivity index (χ0v) is 10.6. The molecule has 0 radical (unpaired) electrons. The van der Waals surface area contributed by atoms with Gasteiger partial charge in [-0.1, -0.05) is 13.0 Å². The van der Waals surface area contributed by atoms with Crippen LogP contribution in [0.5, 0.6) is 0 Å². The van der Waals surface area contributed by atoms with Gasteiger partial charge in [-0.15, -0.1) is 0 Å². The average Bonchev–Trinajstić information content (AvgIpc) is 2.40. The highest BCUT2D eigenvalue weighted by molar-refractivity contribution is 5.14. The standard InChI is InChI=1S/C14H22N2O/c1-2-11-6-7-12(16-10-11)9-13(15)14-5-3-4-8-17-14/h6-7,10,13-14H,2-5,8-9,15H2,1H3. The van der Waals surface area contributed by atoms with E-state index >= 15 is 0 Å². The Labute approximate surface area is 103 Å². The molecule has 0 bridgehead atoms. The minimum atomic E-state index is 0.0790. The zero-order valence-electron chi connectivity index (χ0n) is 10.6. The first-order valence-electron chi connectivity index (χ1n) is 6.60. The van der Waals surface area contributed by atoms with Gasteiger partial charge in [0.15, 0.2) is 0 Å². The summed E-state index contributed by atoms with van der Waals surface area (Å²) in [5.41, 5.74) is 8.53. The van der Waals surface area contributed by atoms with Crippen molar-refractivity contribution in [2.75, 3.05) is 6.61 Å². The van der Waals surface area contributed by atoms with Crippen molar-refractivity contribution in [3.8, 4) is 0 Å². The number of hydrogen-bond acceptors (Lipinski definition) is 3. The number of nitrogens with zero attached hydrogens (tertiary/aromatic N) is 1. The molecule has 0 saturated carbocycles. The number of aromatic nitrogens is 1. The zero-order chi connectivity index (χ0) is 12.1. The van der Waals surface area contributed by atoms with Crippen molar-refractivity contribution in [2.45, 2.75) is 51.2 Å². The van der Waals surface area contributed by atoms with Gasteiger partial charge in [-0.05, 0) is 37.3 Å². The Hall–Kier alpha value is -0.930. The summed E-state index contributed by atoms with van der Waals surface area (Å²) in [6, 6.07) is 4.30. The smallest absolute Gasteiger partial charge is 0.0729 e. The largest absolute Gasteiger partial charge is 0.377 e. The molecule has 2 N–H and O–H groups in total. The van der Waals surface area contributed by atoms with E-state index in [1.165, 1.54) is 18.4 Å². The van der Waals surface area contributed by atoms with E-state index in [1.54, 1.807) is 0 Å². The average molecular weight is 234 g/mol. The van der Waals surface area contributed by atoms with Crippen molar-refractivity contribution < 1.29 is 4.74 Å². The molecule has 0 aliphatic carbocycles. The number of aryl methyl sites for hydroxylation is 1. The Morgan fingerprint density at radius 3 is 2.94 bits per heavy atom. The molecule has 3 nitrogen and oxygen atoms in total. The van der Waals surface area contributed by atoms with E-state index in [0.29, 0.717) is 0 Å². The molecule has 2 atom stereocenters. The Morgan fingerprint density at radius 2 is 2.35 bits per heavy atom. The summed E-state index contributed by atoms with van der Waals surface area (Å²) < 4.78 is 5.70. The lowest BCUT2D eigenvalue weighted by Gasteiger charge is -2.27. The molecule has 1 aliphatic rings. The molecule has 1 aromatic heterocycles. The van der Waals surface area contributed by atoms with Crippen LogP contribution in [0.25, 0.3) is 0 Å². The van der Waals surface area contributed by atoms with Gasteiger partial charge < -0.3 is 10.5 Å². The predicted molar refractivity (Wildman–Crippen MR) is 68.9 cm³/mol. The van der Waals surface area contributed by atoms with Crippen LogP contribution in [0, 0.1) is 0 Å². The van der Waals surface area contributed by atoms with Gasteiger partial charge in [-0.25, -0.2) is 0 Å². The van der Waals surface area contributed by atoms with Gasteiger partial charge in [-0.2, -0.15) is 0 Å². The Bertz CT molecular complexity index is 331. The Balaban J connectivity index is 1.89. The molecule has 3 heteroatoms. The second-order valence-electron chi connectivity index (χ2n) is 4.78. The van der Waals surface area contributed by atoms with Crippen LogP contribution >= 0.6 is 0 Å². The third-order valence-corrected chi connectivity index (χ3v) is 3.43. The van der Waals surface area contributed by atoms with Crippen LogP contribution in [-0.2, 0) is 17.6 Å². The maximum absolute atomic E-state index is 6.19. The summed E-state index contributed by atoms with van der Waals surface area (Å²) in [6.45, 7) is 3.00. The molecule has 2 heterocycles. The number of hydrogen-bond donors (Lipinski definition) is 1. The summed E-state index contributed by atoms with van der Waals surface area (Å²) in [4.78, 5) is 4.45. The molecule has 2 unspecified atom stereocenters. The molecule has 0 spiro atoms. The van der Waals surface area contributed by atoms with Gasteiger partial charge in [0.05, 0.1) is 6.10 Å². The van der Waals surface area contributed by atoms with Crippen molar-refractivity contribution in [1.82, 2.24) is 4.98 Å². The van der Waals surface area contributed by atoms with E-state index in [9.17, 15) is 0 Å². The maximum atomic E-state index is 6.19. The van der Waals surface area contributed by atoms with Crippen molar-refractivity contribution in [1.29, 1.82) is 0 Å². The lowest BCUT2D eigenvalue weighted by Crippen LogP contribution is -2.40. The van der Waals surface area contributed by atoms with Crippen molar-refractivity contribution in [3.05, 3.63) is 29.6 Å². The Morgan fingerprint density at radius 1 is 1.47 bits per heavy atom. The molecule has 0 aromatic carbocycles. The number of pyridine rings is 1. The fraction of sp³-hybridized carbons (Fsp3) is 0.643. The highest BCUT2D eigenvalue weighted by Gasteiger charge is 2.21. The molecule has 94 valence electrons. The fourth-order valence-electron chi connectivity index (χ4n) is 2.26. The van der Waals surface area contributed by atoms with Gasteiger partial charge in [0.2, 0.25) is 0 Å². The number of nitrogens with two attached hydrogens (primary N) is 1. The molecule has 1 saturated heterocycles. The fourth-order valence-corrected chi connectivity index (χ4v) is 2.26. The third-order valence-electron chi connectivity index (χ3n) is 3.43. The van der Waals surface area contributed by atoms with Gasteiger partial charge in [0, 0.05) is 31.0 Å². The summed E-state index contributed by atoms with van der Waals surface area (Å²) in [5.74, 6) is 0. The number of rotatable bonds is 4. The number of ether oxygens (including phenoxy) is 1. The maximum Gasteiger partial charge on any atom is 0.0729 e. The molecule has 0 amide bonds. The normalized spacial score (nSPS) is 22.4. The van der Waals surface area contributed by atoms with Gasteiger partial charge in [0.25, 0.3) is 0 Å². The lowest BCUT2D eigenvalue weighted by atomic mass is 9.98. The minimum Gasteiger partial charge on any atom is -0.377 e. The topological polar surface area (TPSA) is 48.1 Å². The van der Waals surface area contributed by atoms with Crippen LogP contribution in [0.1, 0.15) is 37.4 Å². The summed E-state index contributed by atoms with van der Waals surface area (Å²) in [7, 11) is 0. The first-order chi connectivity index (χ1) is 8.29. The van der Waals surface area contributed by atoms with Crippen LogP contribution < -0.4 is 5.73 Å². The molecule has 17 heavy (non-hydrogen) atoms. The van der Waals surface area contributed by atoms with Crippen molar-refractivity contribution in [2.24, 2.45) is 5.73 Å². The monoisotopic (exact) mass is 234 g/mol. The summed E-state index contributed by atoms with van der Waals surface area (Å²) in [5, 5.41) is 0. The van der Waals surface area contributed by atoms with Crippen LogP contribution in [0.3, 0.4) is 0 Å². The van der Waals surface area contributed by atoms with E-state index in [-0.39, 0.29) is 12.1 Å². The molecule has 2 rings (SSSR count). The quantitative estimate of drug-likeness (QED) is 0.867. The minimum absolute atomic E-state index is 0.0790. The third kappa shape index (κ3) is 3.51. The van der Waals surface area contributed by atoms with E-state index < -0.39 is 0 Å². The van der Waals surface area contributed by atoms with Crippen molar-refractivity contribution >= 4 is 0 Å². The molecule has 1 fully saturated rings.